The summed E-state index contributed by atoms with van der Waals surface area (Å²) in [4.78, 5) is -0.0711. The van der Waals surface area contributed by atoms with E-state index in [0.717, 1.165) is 11.1 Å². The van der Waals surface area contributed by atoms with Gasteiger partial charge in [-0.15, -0.1) is 0 Å². The van der Waals surface area contributed by atoms with Gasteiger partial charge in [0.05, 0.1) is 41.3 Å². The number of hydrogen-bond acceptors (Lipinski definition) is 4. The highest BCUT2D eigenvalue weighted by Crippen LogP contribution is 2.48. The number of anilines is 2. The van der Waals surface area contributed by atoms with Crippen molar-refractivity contribution in [3.05, 3.63) is 79.7 Å². The molecule has 3 rings (SSSR count). The van der Waals surface area contributed by atoms with Crippen LogP contribution in [0.3, 0.4) is 0 Å². The molecular formula is C20H16Cl4N2O4S2. The first-order valence-corrected chi connectivity index (χ1v) is 13.4. The second-order valence-electron chi connectivity index (χ2n) is 6.84. The lowest BCUT2D eigenvalue weighted by Crippen LogP contribution is -2.16. The predicted octanol–water partition coefficient (Wildman–Crippen LogP) is 6.52. The summed E-state index contributed by atoms with van der Waals surface area (Å²) in [6.07, 6.45) is 0. The first-order chi connectivity index (χ1) is 14.8. The Labute approximate surface area is 206 Å². The summed E-state index contributed by atoms with van der Waals surface area (Å²) in [6, 6.07) is 12.1. The molecule has 3 aromatic carbocycles. The van der Waals surface area contributed by atoms with Crippen LogP contribution in [0.15, 0.2) is 58.3 Å². The van der Waals surface area contributed by atoms with Gasteiger partial charge in [-0.05, 0) is 38.1 Å². The van der Waals surface area contributed by atoms with Gasteiger partial charge in [-0.1, -0.05) is 81.8 Å². The van der Waals surface area contributed by atoms with Gasteiger partial charge in [-0.3, -0.25) is 9.44 Å². The Balaban J connectivity index is 2.03. The fraction of sp³-hybridized carbons (Fsp3) is 0.100. The van der Waals surface area contributed by atoms with Crippen molar-refractivity contribution >= 4 is 77.8 Å². The molecular weight excluding hydrogens is 538 g/mol. The Morgan fingerprint density at radius 3 is 1.03 bits per heavy atom. The maximum Gasteiger partial charge on any atom is 0.261 e. The molecule has 2 N–H and O–H groups in total. The molecule has 0 saturated carbocycles. The van der Waals surface area contributed by atoms with Crippen molar-refractivity contribution in [3.63, 3.8) is 0 Å². The Morgan fingerprint density at radius 2 is 0.781 bits per heavy atom. The average molecular weight is 554 g/mol. The molecule has 0 heterocycles. The zero-order valence-electron chi connectivity index (χ0n) is 16.6. The first kappa shape index (κ1) is 25.0. The fourth-order valence-corrected chi connectivity index (χ4v) is 6.07. The number of aryl methyl sites for hydroxylation is 2. The molecule has 3 aromatic rings. The third-order valence-electron chi connectivity index (χ3n) is 4.40. The van der Waals surface area contributed by atoms with Crippen molar-refractivity contribution in [1.29, 1.82) is 0 Å². The van der Waals surface area contributed by atoms with E-state index in [9.17, 15) is 16.8 Å². The molecule has 0 atom stereocenters. The van der Waals surface area contributed by atoms with E-state index in [4.69, 9.17) is 46.4 Å². The van der Waals surface area contributed by atoms with Crippen molar-refractivity contribution in [2.24, 2.45) is 0 Å². The zero-order valence-corrected chi connectivity index (χ0v) is 21.2. The summed E-state index contributed by atoms with van der Waals surface area (Å²) in [6.45, 7) is 3.63. The van der Waals surface area contributed by atoms with Crippen LogP contribution < -0.4 is 9.44 Å². The van der Waals surface area contributed by atoms with Crippen LogP contribution in [0, 0.1) is 13.8 Å². The maximum absolute atomic E-state index is 12.7. The zero-order chi connectivity index (χ0) is 23.8. The van der Waals surface area contributed by atoms with E-state index in [1.165, 1.54) is 24.3 Å². The number of hydrogen-bond donors (Lipinski definition) is 2. The average Bonchev–Trinajstić information content (AvgIpc) is 2.73. The number of rotatable bonds is 6. The third kappa shape index (κ3) is 5.11. The predicted molar refractivity (Wildman–Crippen MR) is 130 cm³/mol. The topological polar surface area (TPSA) is 92.3 Å². The van der Waals surface area contributed by atoms with E-state index in [-0.39, 0.29) is 41.3 Å². The minimum atomic E-state index is -4.08. The van der Waals surface area contributed by atoms with Gasteiger partial charge in [-0.25, -0.2) is 16.8 Å². The second kappa shape index (κ2) is 9.29. The highest BCUT2D eigenvalue weighted by Gasteiger charge is 2.27. The normalized spacial score (nSPS) is 11.9. The highest BCUT2D eigenvalue weighted by atomic mass is 35.5. The standard InChI is InChI=1S/C20H16Cl4N2O4S2/c1-11-3-7-13(8-4-11)31(27,28)25-19-15(21)17(23)20(18(24)16(19)22)26-32(29,30)14-9-5-12(2)6-10-14/h3-10,25-26H,1-2H3. The van der Waals surface area contributed by atoms with Crippen molar-refractivity contribution in [2.45, 2.75) is 23.6 Å². The van der Waals surface area contributed by atoms with Crippen LogP contribution in [0.2, 0.25) is 20.1 Å². The van der Waals surface area contributed by atoms with Crippen molar-refractivity contribution in [3.8, 4) is 0 Å². The summed E-state index contributed by atoms with van der Waals surface area (Å²) in [5.74, 6) is 0. The van der Waals surface area contributed by atoms with Crippen molar-refractivity contribution in [1.82, 2.24) is 0 Å². The monoisotopic (exact) mass is 552 g/mol. The maximum atomic E-state index is 12.7. The van der Waals surface area contributed by atoms with Crippen LogP contribution in [-0.2, 0) is 20.0 Å². The summed E-state index contributed by atoms with van der Waals surface area (Å²) in [7, 11) is -8.16. The van der Waals surface area contributed by atoms with Gasteiger partial charge >= 0.3 is 0 Å². The number of nitrogens with one attached hydrogen (secondary N) is 2. The molecule has 0 aliphatic heterocycles. The molecule has 0 unspecified atom stereocenters. The lowest BCUT2D eigenvalue weighted by atomic mass is 10.2. The molecule has 12 heteroatoms. The smallest absolute Gasteiger partial charge is 0.261 e. The van der Waals surface area contributed by atoms with Gasteiger partial charge in [0.15, 0.2) is 0 Å². The molecule has 32 heavy (non-hydrogen) atoms. The van der Waals surface area contributed by atoms with Crippen LogP contribution >= 0.6 is 46.4 Å². The second-order valence-corrected chi connectivity index (χ2v) is 11.7. The fourth-order valence-electron chi connectivity index (χ4n) is 2.63. The lowest BCUT2D eigenvalue weighted by Gasteiger charge is -2.18. The number of sulfonamides is 2. The van der Waals surface area contributed by atoms with E-state index in [1.807, 2.05) is 13.8 Å². The van der Waals surface area contributed by atoms with E-state index in [0.29, 0.717) is 0 Å². The molecule has 0 bridgehead atoms. The van der Waals surface area contributed by atoms with Crippen LogP contribution in [0.5, 0.6) is 0 Å². The Bertz CT molecular complexity index is 1250. The summed E-state index contributed by atoms with van der Waals surface area (Å²) in [5, 5.41) is -1.28. The Kier molecular flexibility index (Phi) is 7.24. The van der Waals surface area contributed by atoms with Crippen molar-refractivity contribution < 1.29 is 16.8 Å². The van der Waals surface area contributed by atoms with Gasteiger partial charge in [0, 0.05) is 0 Å². The largest absolute Gasteiger partial charge is 0.276 e. The minimum Gasteiger partial charge on any atom is -0.276 e. The van der Waals surface area contributed by atoms with Crippen LogP contribution in [0.1, 0.15) is 11.1 Å². The van der Waals surface area contributed by atoms with Gasteiger partial charge in [-0.2, -0.15) is 0 Å². The van der Waals surface area contributed by atoms with E-state index in [1.54, 1.807) is 24.3 Å². The first-order valence-electron chi connectivity index (χ1n) is 8.88. The molecule has 0 saturated heterocycles. The van der Waals surface area contributed by atoms with Crippen LogP contribution in [0.25, 0.3) is 0 Å². The van der Waals surface area contributed by atoms with E-state index < -0.39 is 20.0 Å². The van der Waals surface area contributed by atoms with Gasteiger partial charge < -0.3 is 0 Å². The SMILES string of the molecule is Cc1ccc(S(=O)(=O)Nc2c(Cl)c(Cl)c(NS(=O)(=O)c3ccc(C)cc3)c(Cl)c2Cl)cc1. The Hall–Kier alpha value is -1.68. The molecule has 0 spiro atoms. The van der Waals surface area contributed by atoms with E-state index in [2.05, 4.69) is 9.44 Å². The van der Waals surface area contributed by atoms with Gasteiger partial charge in [0.25, 0.3) is 20.0 Å². The van der Waals surface area contributed by atoms with Gasteiger partial charge in [0.1, 0.15) is 0 Å². The minimum absolute atomic E-state index is 0.0355. The van der Waals surface area contributed by atoms with Crippen molar-refractivity contribution in [2.75, 3.05) is 9.44 Å². The summed E-state index contributed by atoms with van der Waals surface area (Å²) < 4.78 is 55.5. The molecule has 0 fully saturated rings. The molecule has 0 radical (unpaired) electrons. The number of benzene rings is 3. The highest BCUT2D eigenvalue weighted by molar-refractivity contribution is 7.93. The number of halogens is 4. The molecule has 170 valence electrons. The third-order valence-corrected chi connectivity index (χ3v) is 8.84. The summed E-state index contributed by atoms with van der Waals surface area (Å²) >= 11 is 25.0. The van der Waals surface area contributed by atoms with Gasteiger partial charge in [0.2, 0.25) is 0 Å². The molecule has 0 amide bonds. The summed E-state index contributed by atoms with van der Waals surface area (Å²) in [5.41, 5.74) is 1.19. The molecule has 0 aromatic heterocycles. The molecule has 0 aliphatic carbocycles. The van der Waals surface area contributed by atoms with Crippen LogP contribution in [0.4, 0.5) is 11.4 Å². The molecule has 0 aliphatic rings. The lowest BCUT2D eigenvalue weighted by molar-refractivity contribution is 0.599. The molecule has 6 nitrogen and oxygen atoms in total. The van der Waals surface area contributed by atoms with E-state index >= 15 is 0 Å². The Morgan fingerprint density at radius 1 is 0.531 bits per heavy atom. The van der Waals surface area contributed by atoms with Crippen LogP contribution in [-0.4, -0.2) is 16.8 Å². The quantitative estimate of drug-likeness (QED) is 0.340.